The minimum absolute atomic E-state index is 0.217. The zero-order valence-corrected chi connectivity index (χ0v) is 14.1. The molecule has 0 spiro atoms. The van der Waals surface area contributed by atoms with Crippen LogP contribution in [0.1, 0.15) is 22.7 Å². The highest BCUT2D eigenvalue weighted by Gasteiger charge is 2.15. The molecule has 18 heavy (non-hydrogen) atoms. The molecule has 0 aromatic heterocycles. The lowest BCUT2D eigenvalue weighted by Gasteiger charge is -2.19. The number of hydrogen-bond donors (Lipinski definition) is 1. The Bertz CT molecular complexity index is 554. The molecule has 0 amide bonds. The Morgan fingerprint density at radius 3 is 2.61 bits per heavy atom. The first kappa shape index (κ1) is 14.0. The van der Waals surface area contributed by atoms with Gasteiger partial charge in [0.05, 0.1) is 6.04 Å². The fourth-order valence-electron chi connectivity index (χ4n) is 2.09. The van der Waals surface area contributed by atoms with Crippen molar-refractivity contribution in [3.8, 4) is 0 Å². The third kappa shape index (κ3) is 3.13. The van der Waals surface area contributed by atoms with Crippen LogP contribution in [-0.4, -0.2) is 7.05 Å². The van der Waals surface area contributed by atoms with Gasteiger partial charge in [0, 0.05) is 8.04 Å². The van der Waals surface area contributed by atoms with E-state index >= 15 is 0 Å². The molecule has 1 unspecified atom stereocenters. The summed E-state index contributed by atoms with van der Waals surface area (Å²) in [7, 11) is 2.00. The number of benzene rings is 2. The van der Waals surface area contributed by atoms with E-state index in [4.69, 9.17) is 0 Å². The van der Waals surface area contributed by atoms with Crippen LogP contribution in [0.15, 0.2) is 46.9 Å². The summed E-state index contributed by atoms with van der Waals surface area (Å²) < 4.78 is 2.39. The van der Waals surface area contributed by atoms with Crippen molar-refractivity contribution in [2.24, 2.45) is 0 Å². The molecule has 1 nitrogen and oxygen atoms in total. The molecule has 2 rings (SSSR count). The fourth-order valence-corrected chi connectivity index (χ4v) is 3.08. The van der Waals surface area contributed by atoms with Gasteiger partial charge >= 0.3 is 0 Å². The van der Waals surface area contributed by atoms with Gasteiger partial charge in [0.2, 0.25) is 0 Å². The minimum atomic E-state index is 0.217. The number of aryl methyl sites for hydroxylation is 1. The lowest BCUT2D eigenvalue weighted by atomic mass is 9.97. The third-order valence-corrected chi connectivity index (χ3v) is 4.33. The highest BCUT2D eigenvalue weighted by molar-refractivity contribution is 14.1. The first-order valence-corrected chi connectivity index (χ1v) is 7.68. The van der Waals surface area contributed by atoms with Crippen LogP contribution >= 0.6 is 38.5 Å². The quantitative estimate of drug-likeness (QED) is 0.718. The van der Waals surface area contributed by atoms with Gasteiger partial charge in [0.25, 0.3) is 0 Å². The van der Waals surface area contributed by atoms with Crippen molar-refractivity contribution < 1.29 is 0 Å². The van der Waals surface area contributed by atoms with Crippen LogP contribution in [0.5, 0.6) is 0 Å². The standard InChI is InChI=1S/C15H15BrIN/c1-10-4-3-5-11(8-10)15(18-2)13-9-12(17)6-7-14(13)16/h3-9,15,18H,1-2H3. The van der Waals surface area contributed by atoms with Crippen LogP contribution in [0.3, 0.4) is 0 Å². The molecule has 0 aliphatic heterocycles. The Morgan fingerprint density at radius 2 is 1.94 bits per heavy atom. The lowest BCUT2D eigenvalue weighted by molar-refractivity contribution is 0.688. The smallest absolute Gasteiger partial charge is 0.0585 e. The molecule has 2 aromatic carbocycles. The molecule has 0 bridgehead atoms. The van der Waals surface area contributed by atoms with Crippen LogP contribution in [0, 0.1) is 10.5 Å². The molecule has 0 aliphatic carbocycles. The van der Waals surface area contributed by atoms with Crippen LogP contribution < -0.4 is 5.32 Å². The molecule has 1 atom stereocenters. The second-order valence-corrected chi connectivity index (χ2v) is 6.40. The summed E-state index contributed by atoms with van der Waals surface area (Å²) in [4.78, 5) is 0. The first-order valence-electron chi connectivity index (χ1n) is 5.80. The topological polar surface area (TPSA) is 12.0 Å². The number of halogens is 2. The number of hydrogen-bond acceptors (Lipinski definition) is 1. The van der Waals surface area contributed by atoms with Crippen LogP contribution in [0.25, 0.3) is 0 Å². The largest absolute Gasteiger partial charge is 0.309 e. The maximum absolute atomic E-state index is 3.64. The van der Waals surface area contributed by atoms with Gasteiger partial charge in [0.15, 0.2) is 0 Å². The summed E-state index contributed by atoms with van der Waals surface area (Å²) in [5, 5.41) is 3.40. The highest BCUT2D eigenvalue weighted by atomic mass is 127. The highest BCUT2D eigenvalue weighted by Crippen LogP contribution is 2.30. The van der Waals surface area contributed by atoms with Gasteiger partial charge in [-0.05, 0) is 65.9 Å². The van der Waals surface area contributed by atoms with E-state index in [1.165, 1.54) is 20.3 Å². The van der Waals surface area contributed by atoms with Gasteiger partial charge in [-0.25, -0.2) is 0 Å². The van der Waals surface area contributed by atoms with E-state index in [-0.39, 0.29) is 6.04 Å². The summed E-state index contributed by atoms with van der Waals surface area (Å²) in [6, 6.07) is 15.3. The molecule has 0 saturated heterocycles. The summed E-state index contributed by atoms with van der Waals surface area (Å²) in [6.45, 7) is 2.13. The van der Waals surface area contributed by atoms with Crippen molar-refractivity contribution in [3.05, 3.63) is 67.2 Å². The minimum Gasteiger partial charge on any atom is -0.309 e. The third-order valence-electron chi connectivity index (χ3n) is 2.93. The van der Waals surface area contributed by atoms with E-state index < -0.39 is 0 Å². The average Bonchev–Trinajstić information content (AvgIpc) is 2.35. The Morgan fingerprint density at radius 1 is 1.17 bits per heavy atom. The van der Waals surface area contributed by atoms with Crippen molar-refractivity contribution in [2.45, 2.75) is 13.0 Å². The van der Waals surface area contributed by atoms with Gasteiger partial charge in [0.1, 0.15) is 0 Å². The second-order valence-electron chi connectivity index (χ2n) is 4.30. The number of rotatable bonds is 3. The van der Waals surface area contributed by atoms with Crippen LogP contribution in [0.4, 0.5) is 0 Å². The molecule has 3 heteroatoms. The van der Waals surface area contributed by atoms with E-state index in [1.807, 2.05) is 7.05 Å². The fraction of sp³-hybridized carbons (Fsp3) is 0.200. The van der Waals surface area contributed by atoms with Crippen LogP contribution in [0.2, 0.25) is 0 Å². The van der Waals surface area contributed by atoms with E-state index in [0.29, 0.717) is 0 Å². The van der Waals surface area contributed by atoms with Gasteiger partial charge in [-0.15, -0.1) is 0 Å². The zero-order chi connectivity index (χ0) is 13.1. The average molecular weight is 416 g/mol. The van der Waals surface area contributed by atoms with Crippen LogP contribution in [-0.2, 0) is 0 Å². The molecule has 1 N–H and O–H groups in total. The predicted molar refractivity (Wildman–Crippen MR) is 88.9 cm³/mol. The van der Waals surface area contributed by atoms with Gasteiger partial charge < -0.3 is 5.32 Å². The van der Waals surface area contributed by atoms with E-state index in [1.54, 1.807) is 0 Å². The maximum atomic E-state index is 3.64. The summed E-state index contributed by atoms with van der Waals surface area (Å²) in [5.74, 6) is 0. The number of nitrogens with one attached hydrogen (secondary N) is 1. The normalized spacial score (nSPS) is 12.4. The van der Waals surface area contributed by atoms with E-state index in [9.17, 15) is 0 Å². The molecule has 2 aromatic rings. The molecule has 0 heterocycles. The molecular formula is C15H15BrIN. The molecule has 0 saturated carbocycles. The van der Waals surface area contributed by atoms with Gasteiger partial charge in [-0.2, -0.15) is 0 Å². The van der Waals surface area contributed by atoms with Gasteiger partial charge in [-0.3, -0.25) is 0 Å². The van der Waals surface area contributed by atoms with Crippen molar-refractivity contribution in [2.75, 3.05) is 7.05 Å². The van der Waals surface area contributed by atoms with Crippen molar-refractivity contribution in [1.82, 2.24) is 5.32 Å². The summed E-state index contributed by atoms with van der Waals surface area (Å²) in [5.41, 5.74) is 3.85. The monoisotopic (exact) mass is 415 g/mol. The summed E-state index contributed by atoms with van der Waals surface area (Å²) >= 11 is 5.99. The van der Waals surface area contributed by atoms with Gasteiger partial charge in [-0.1, -0.05) is 45.8 Å². The first-order chi connectivity index (χ1) is 8.61. The zero-order valence-electron chi connectivity index (χ0n) is 10.4. The van der Waals surface area contributed by atoms with E-state index in [2.05, 4.69) is 93.2 Å². The van der Waals surface area contributed by atoms with Crippen molar-refractivity contribution in [1.29, 1.82) is 0 Å². The maximum Gasteiger partial charge on any atom is 0.0585 e. The predicted octanol–water partition coefficient (Wildman–Crippen LogP) is 4.67. The Balaban J connectivity index is 2.48. The summed E-state index contributed by atoms with van der Waals surface area (Å²) in [6.07, 6.45) is 0. The Hall–Kier alpha value is -0.390. The van der Waals surface area contributed by atoms with Crippen molar-refractivity contribution in [3.63, 3.8) is 0 Å². The second kappa shape index (κ2) is 6.17. The molecular weight excluding hydrogens is 401 g/mol. The molecule has 0 fully saturated rings. The SMILES string of the molecule is CNC(c1cccc(C)c1)c1cc(I)ccc1Br. The molecule has 0 radical (unpaired) electrons. The lowest BCUT2D eigenvalue weighted by Crippen LogP contribution is -2.18. The molecule has 94 valence electrons. The molecule has 0 aliphatic rings. The van der Waals surface area contributed by atoms with E-state index in [0.717, 1.165) is 4.47 Å². The Labute approximate surface area is 130 Å². The van der Waals surface area contributed by atoms with Crippen molar-refractivity contribution >= 4 is 38.5 Å². The Kier molecular flexibility index (Phi) is 4.81.